The summed E-state index contributed by atoms with van der Waals surface area (Å²) in [6.45, 7) is 8.33. The van der Waals surface area contributed by atoms with Crippen molar-refractivity contribution in [3.05, 3.63) is 24.3 Å². The fourth-order valence-corrected chi connectivity index (χ4v) is 3.60. The van der Waals surface area contributed by atoms with Crippen molar-refractivity contribution in [1.82, 2.24) is 14.9 Å². The van der Waals surface area contributed by atoms with Gasteiger partial charge < -0.3 is 14.6 Å². The number of rotatable bonds is 2. The number of hydrogen-bond acceptors (Lipinski definition) is 4. The normalized spacial score (nSPS) is 27.6. The van der Waals surface area contributed by atoms with Crippen LogP contribution in [-0.2, 0) is 4.74 Å². The summed E-state index contributed by atoms with van der Waals surface area (Å²) in [4.78, 5) is 13.2. The SMILES string of the molecule is C[C@@H]1CN(c2nc3ccccc3[nH]2)C[C@@H]1N1CCOCC1. The van der Waals surface area contributed by atoms with Gasteiger partial charge in [0.2, 0.25) is 5.95 Å². The largest absolute Gasteiger partial charge is 0.379 e. The molecule has 21 heavy (non-hydrogen) atoms. The van der Waals surface area contributed by atoms with Crippen molar-refractivity contribution >= 4 is 17.0 Å². The van der Waals surface area contributed by atoms with E-state index in [-0.39, 0.29) is 0 Å². The van der Waals surface area contributed by atoms with E-state index in [0.717, 1.165) is 56.4 Å². The Kier molecular flexibility index (Phi) is 3.31. The smallest absolute Gasteiger partial charge is 0.203 e. The minimum Gasteiger partial charge on any atom is -0.379 e. The molecular weight excluding hydrogens is 264 g/mol. The van der Waals surface area contributed by atoms with E-state index in [2.05, 4.69) is 33.8 Å². The third-order valence-corrected chi connectivity index (χ3v) is 4.76. The van der Waals surface area contributed by atoms with Gasteiger partial charge in [-0.2, -0.15) is 0 Å². The predicted molar refractivity (Wildman–Crippen MR) is 83.7 cm³/mol. The van der Waals surface area contributed by atoms with Gasteiger partial charge in [-0.1, -0.05) is 19.1 Å². The Morgan fingerprint density at radius 2 is 2.00 bits per heavy atom. The zero-order valence-electron chi connectivity index (χ0n) is 12.5. The van der Waals surface area contributed by atoms with Crippen LogP contribution in [0.5, 0.6) is 0 Å². The van der Waals surface area contributed by atoms with Crippen LogP contribution in [0.25, 0.3) is 11.0 Å². The molecule has 2 aromatic rings. The number of aromatic amines is 1. The van der Waals surface area contributed by atoms with Gasteiger partial charge in [0.1, 0.15) is 0 Å². The molecular formula is C16H22N4O. The first-order valence-corrected chi connectivity index (χ1v) is 7.83. The molecule has 2 aliphatic rings. The highest BCUT2D eigenvalue weighted by molar-refractivity contribution is 5.77. The van der Waals surface area contributed by atoms with Crippen molar-refractivity contribution < 1.29 is 4.74 Å². The van der Waals surface area contributed by atoms with Crippen molar-refractivity contribution in [2.24, 2.45) is 5.92 Å². The van der Waals surface area contributed by atoms with E-state index >= 15 is 0 Å². The monoisotopic (exact) mass is 286 g/mol. The first-order valence-electron chi connectivity index (χ1n) is 7.83. The third kappa shape index (κ3) is 2.40. The van der Waals surface area contributed by atoms with Crippen LogP contribution in [0.1, 0.15) is 6.92 Å². The molecule has 0 saturated carbocycles. The van der Waals surface area contributed by atoms with Gasteiger partial charge in [0.25, 0.3) is 0 Å². The second-order valence-electron chi connectivity index (χ2n) is 6.18. The number of nitrogens with one attached hydrogen (secondary N) is 1. The van der Waals surface area contributed by atoms with E-state index in [1.54, 1.807) is 0 Å². The molecule has 2 atom stereocenters. The fraction of sp³-hybridized carbons (Fsp3) is 0.562. The Morgan fingerprint density at radius 3 is 2.81 bits per heavy atom. The molecule has 0 bridgehead atoms. The summed E-state index contributed by atoms with van der Waals surface area (Å²) in [6.07, 6.45) is 0. The summed E-state index contributed by atoms with van der Waals surface area (Å²) < 4.78 is 5.47. The lowest BCUT2D eigenvalue weighted by Crippen LogP contribution is -2.46. The van der Waals surface area contributed by atoms with Gasteiger partial charge in [0.15, 0.2) is 0 Å². The number of hydrogen-bond donors (Lipinski definition) is 1. The second kappa shape index (κ2) is 5.31. The maximum Gasteiger partial charge on any atom is 0.203 e. The average Bonchev–Trinajstić information content (AvgIpc) is 3.11. The minimum absolute atomic E-state index is 0.613. The fourth-order valence-electron chi connectivity index (χ4n) is 3.60. The standard InChI is InChI=1S/C16H22N4O/c1-12-10-20(11-15(12)19-6-8-21-9-7-19)16-17-13-4-2-3-5-14(13)18-16/h2-5,12,15H,6-11H2,1H3,(H,17,18)/t12-,15+/m1/s1. The molecule has 2 aliphatic heterocycles. The van der Waals surface area contributed by atoms with E-state index in [4.69, 9.17) is 9.72 Å². The molecule has 112 valence electrons. The molecule has 0 spiro atoms. The van der Waals surface area contributed by atoms with Crippen LogP contribution in [0.15, 0.2) is 24.3 Å². The van der Waals surface area contributed by atoms with E-state index in [0.29, 0.717) is 12.0 Å². The molecule has 1 N–H and O–H groups in total. The van der Waals surface area contributed by atoms with E-state index in [9.17, 15) is 0 Å². The van der Waals surface area contributed by atoms with Gasteiger partial charge in [-0.05, 0) is 18.1 Å². The van der Waals surface area contributed by atoms with E-state index in [1.165, 1.54) is 0 Å². The van der Waals surface area contributed by atoms with Crippen LogP contribution in [0, 0.1) is 5.92 Å². The number of benzene rings is 1. The second-order valence-corrected chi connectivity index (χ2v) is 6.18. The molecule has 2 fully saturated rings. The lowest BCUT2D eigenvalue weighted by atomic mass is 10.0. The van der Waals surface area contributed by atoms with Crippen LogP contribution in [0.3, 0.4) is 0 Å². The van der Waals surface area contributed by atoms with E-state index in [1.807, 2.05) is 12.1 Å². The lowest BCUT2D eigenvalue weighted by molar-refractivity contribution is 0.0134. The van der Waals surface area contributed by atoms with Crippen molar-refractivity contribution in [2.45, 2.75) is 13.0 Å². The van der Waals surface area contributed by atoms with Crippen LogP contribution >= 0.6 is 0 Å². The number of imidazole rings is 1. The lowest BCUT2D eigenvalue weighted by Gasteiger charge is -2.33. The minimum atomic E-state index is 0.613. The zero-order chi connectivity index (χ0) is 14.2. The van der Waals surface area contributed by atoms with Gasteiger partial charge in [0, 0.05) is 32.2 Å². The highest BCUT2D eigenvalue weighted by atomic mass is 16.5. The summed E-state index contributed by atoms with van der Waals surface area (Å²) in [7, 11) is 0. The highest BCUT2D eigenvalue weighted by Gasteiger charge is 2.35. The molecule has 0 amide bonds. The molecule has 5 heteroatoms. The Balaban J connectivity index is 1.54. The molecule has 4 rings (SSSR count). The third-order valence-electron chi connectivity index (χ3n) is 4.76. The van der Waals surface area contributed by atoms with Crippen molar-refractivity contribution in [3.8, 4) is 0 Å². The maximum atomic E-state index is 5.47. The Bertz CT molecular complexity index is 587. The average molecular weight is 286 g/mol. The highest BCUT2D eigenvalue weighted by Crippen LogP contribution is 2.27. The van der Waals surface area contributed by atoms with Crippen LogP contribution in [0.4, 0.5) is 5.95 Å². The van der Waals surface area contributed by atoms with Crippen molar-refractivity contribution in [2.75, 3.05) is 44.3 Å². The van der Waals surface area contributed by atoms with Gasteiger partial charge in [-0.25, -0.2) is 4.98 Å². The summed E-state index contributed by atoms with van der Waals surface area (Å²) in [5.74, 6) is 1.68. The van der Waals surface area contributed by atoms with Gasteiger partial charge in [-0.15, -0.1) is 0 Å². The summed E-state index contributed by atoms with van der Waals surface area (Å²) >= 11 is 0. The molecule has 3 heterocycles. The number of aromatic nitrogens is 2. The first kappa shape index (κ1) is 13.1. The number of anilines is 1. The zero-order valence-corrected chi connectivity index (χ0v) is 12.5. The van der Waals surface area contributed by atoms with E-state index < -0.39 is 0 Å². The molecule has 2 saturated heterocycles. The topological polar surface area (TPSA) is 44.4 Å². The molecule has 1 aromatic heterocycles. The summed E-state index contributed by atoms with van der Waals surface area (Å²) in [5, 5.41) is 0. The Labute approximate surface area is 124 Å². The van der Waals surface area contributed by atoms with Crippen molar-refractivity contribution in [3.63, 3.8) is 0 Å². The number of H-pyrrole nitrogens is 1. The predicted octanol–water partition coefficient (Wildman–Crippen LogP) is 1.72. The Morgan fingerprint density at radius 1 is 1.19 bits per heavy atom. The number of para-hydroxylation sites is 2. The Hall–Kier alpha value is -1.59. The number of morpholine rings is 1. The molecule has 1 aromatic carbocycles. The molecule has 0 aliphatic carbocycles. The molecule has 5 nitrogen and oxygen atoms in total. The molecule has 0 radical (unpaired) electrons. The molecule has 0 unspecified atom stereocenters. The van der Waals surface area contributed by atoms with Crippen LogP contribution in [-0.4, -0.2) is 60.3 Å². The first-order chi connectivity index (χ1) is 10.3. The number of nitrogens with zero attached hydrogens (tertiary/aromatic N) is 3. The van der Waals surface area contributed by atoms with Crippen LogP contribution < -0.4 is 4.90 Å². The number of ether oxygens (including phenoxy) is 1. The van der Waals surface area contributed by atoms with Crippen LogP contribution in [0.2, 0.25) is 0 Å². The van der Waals surface area contributed by atoms with Gasteiger partial charge in [-0.3, -0.25) is 4.90 Å². The summed E-state index contributed by atoms with van der Waals surface area (Å²) in [6, 6.07) is 8.85. The van der Waals surface area contributed by atoms with Gasteiger partial charge >= 0.3 is 0 Å². The van der Waals surface area contributed by atoms with Gasteiger partial charge in [0.05, 0.1) is 24.2 Å². The maximum absolute atomic E-state index is 5.47. The summed E-state index contributed by atoms with van der Waals surface area (Å²) in [5.41, 5.74) is 2.17. The van der Waals surface area contributed by atoms with Crippen molar-refractivity contribution in [1.29, 1.82) is 0 Å². The number of fused-ring (bicyclic) bond motifs is 1. The quantitative estimate of drug-likeness (QED) is 0.913.